The number of hydrogen-bond acceptors (Lipinski definition) is 7. The topological polar surface area (TPSA) is 72.8 Å². The zero-order valence-corrected chi connectivity index (χ0v) is 16.1. The molecule has 1 unspecified atom stereocenters. The second kappa shape index (κ2) is 8.81. The number of hydrogen-bond donors (Lipinski definition) is 1. The Bertz CT molecular complexity index is 825. The fourth-order valence-electron chi connectivity index (χ4n) is 2.23. The first-order chi connectivity index (χ1) is 12.6. The molecule has 1 N–H and O–H groups in total. The first kappa shape index (κ1) is 19.1. The molecule has 0 radical (unpaired) electrons. The van der Waals surface area contributed by atoms with Gasteiger partial charge >= 0.3 is 0 Å². The second-order valence-corrected chi connectivity index (χ2v) is 7.54. The van der Waals surface area contributed by atoms with Crippen molar-refractivity contribution in [3.8, 4) is 0 Å². The van der Waals surface area contributed by atoms with E-state index < -0.39 is 11.0 Å². The van der Waals surface area contributed by atoms with Crippen molar-refractivity contribution < 1.29 is 18.8 Å². The molecule has 1 amide bonds. The summed E-state index contributed by atoms with van der Waals surface area (Å²) in [5.41, 5.74) is 0.517. The van der Waals surface area contributed by atoms with Gasteiger partial charge in [0, 0.05) is 16.9 Å². The number of nitrogens with zero attached hydrogens (tertiary/aromatic N) is 2. The van der Waals surface area contributed by atoms with Crippen LogP contribution in [0.5, 0.6) is 0 Å². The Morgan fingerprint density at radius 1 is 1.58 bits per heavy atom. The van der Waals surface area contributed by atoms with Crippen LogP contribution in [0, 0.1) is 5.13 Å². The Labute approximate surface area is 162 Å². The average molecular weight is 416 g/mol. The Hall–Kier alpha value is -1.68. The molecule has 0 spiro atoms. The number of thioether (sulfide) groups is 1. The molecule has 1 aromatic heterocycles. The number of benzene rings is 1. The molecule has 3 rings (SSSR count). The number of halogens is 2. The van der Waals surface area contributed by atoms with Gasteiger partial charge in [-0.2, -0.15) is 4.39 Å². The summed E-state index contributed by atoms with van der Waals surface area (Å²) in [6, 6.07) is 5.17. The van der Waals surface area contributed by atoms with Crippen LogP contribution in [0.3, 0.4) is 0 Å². The molecule has 1 aliphatic rings. The van der Waals surface area contributed by atoms with Crippen LogP contribution in [0.4, 0.5) is 9.52 Å². The van der Waals surface area contributed by atoms with E-state index in [0.717, 1.165) is 22.4 Å². The Morgan fingerprint density at radius 2 is 2.42 bits per heavy atom. The highest BCUT2D eigenvalue weighted by Crippen LogP contribution is 2.27. The van der Waals surface area contributed by atoms with Crippen molar-refractivity contribution >= 4 is 51.5 Å². The largest absolute Gasteiger partial charge is 0.389 e. The maximum Gasteiger partial charge on any atom is 0.280 e. The zero-order chi connectivity index (χ0) is 18.5. The van der Waals surface area contributed by atoms with Gasteiger partial charge in [0.25, 0.3) is 5.91 Å². The van der Waals surface area contributed by atoms with Gasteiger partial charge in [0.2, 0.25) is 0 Å². The lowest BCUT2D eigenvalue weighted by Gasteiger charge is -2.10. The van der Waals surface area contributed by atoms with Gasteiger partial charge in [0.05, 0.1) is 24.4 Å². The number of nitrogens with one attached hydrogen (secondary N) is 1. The smallest absolute Gasteiger partial charge is 0.280 e. The normalized spacial score (nSPS) is 17.3. The van der Waals surface area contributed by atoms with Crippen molar-refractivity contribution in [2.45, 2.75) is 17.4 Å². The van der Waals surface area contributed by atoms with Gasteiger partial charge in [-0.3, -0.25) is 10.1 Å². The lowest BCUT2D eigenvalue weighted by molar-refractivity contribution is -0.110. The van der Waals surface area contributed by atoms with E-state index in [0.29, 0.717) is 30.2 Å². The van der Waals surface area contributed by atoms with Crippen LogP contribution < -0.4 is 5.32 Å². The molecule has 138 valence electrons. The van der Waals surface area contributed by atoms with Crippen molar-refractivity contribution in [1.29, 1.82) is 0 Å². The third-order valence-electron chi connectivity index (χ3n) is 3.52. The van der Waals surface area contributed by atoms with Crippen LogP contribution in [0.15, 0.2) is 34.4 Å². The van der Waals surface area contributed by atoms with Gasteiger partial charge in [0.15, 0.2) is 22.1 Å². The minimum atomic E-state index is -0.564. The number of carbonyl (C=O) groups excluding carboxylic acids is 1. The maximum atomic E-state index is 13.1. The lowest BCUT2D eigenvalue weighted by atomic mass is 10.1. The summed E-state index contributed by atoms with van der Waals surface area (Å²) in [6.45, 7) is 1.01. The molecule has 1 aliphatic heterocycles. The van der Waals surface area contributed by atoms with E-state index >= 15 is 0 Å². The average Bonchev–Trinajstić information content (AvgIpc) is 3.27. The van der Waals surface area contributed by atoms with Crippen molar-refractivity contribution in [2.24, 2.45) is 5.16 Å². The van der Waals surface area contributed by atoms with E-state index in [1.54, 1.807) is 18.2 Å². The van der Waals surface area contributed by atoms with E-state index in [-0.39, 0.29) is 16.9 Å². The molecule has 2 heterocycles. The van der Waals surface area contributed by atoms with Gasteiger partial charge in [0.1, 0.15) is 0 Å². The van der Waals surface area contributed by atoms with E-state index in [2.05, 4.69) is 15.5 Å². The molecule has 1 atom stereocenters. The minimum Gasteiger partial charge on any atom is -0.389 e. The van der Waals surface area contributed by atoms with E-state index in [1.165, 1.54) is 11.8 Å². The molecule has 0 bridgehead atoms. The Balaban J connectivity index is 1.86. The molecule has 0 aliphatic carbocycles. The van der Waals surface area contributed by atoms with Crippen molar-refractivity contribution in [1.82, 2.24) is 4.98 Å². The van der Waals surface area contributed by atoms with Crippen LogP contribution in [0.1, 0.15) is 12.0 Å². The second-order valence-electron chi connectivity index (χ2n) is 5.30. The predicted molar refractivity (Wildman–Crippen MR) is 101 cm³/mol. The molecule has 26 heavy (non-hydrogen) atoms. The number of rotatable bonds is 6. The molecule has 2 aromatic rings. The summed E-state index contributed by atoms with van der Waals surface area (Å²) in [4.78, 5) is 22.7. The first-order valence-corrected chi connectivity index (χ1v) is 10.1. The molecular weight excluding hydrogens is 401 g/mol. The summed E-state index contributed by atoms with van der Waals surface area (Å²) >= 11 is 8.46. The number of oxime groups is 1. The molecule has 1 fully saturated rings. The highest BCUT2D eigenvalue weighted by molar-refractivity contribution is 7.98. The zero-order valence-electron chi connectivity index (χ0n) is 13.7. The first-order valence-electron chi connectivity index (χ1n) is 7.65. The Morgan fingerprint density at radius 3 is 3.04 bits per heavy atom. The summed E-state index contributed by atoms with van der Waals surface area (Å²) < 4.78 is 18.3. The third-order valence-corrected chi connectivity index (χ3v) is 5.44. The highest BCUT2D eigenvalue weighted by Gasteiger charge is 2.21. The lowest BCUT2D eigenvalue weighted by Crippen LogP contribution is -2.25. The van der Waals surface area contributed by atoms with Crippen LogP contribution in [0.2, 0.25) is 5.02 Å². The maximum absolute atomic E-state index is 13.1. The van der Waals surface area contributed by atoms with Crippen LogP contribution >= 0.6 is 34.7 Å². The molecule has 1 aromatic carbocycles. The van der Waals surface area contributed by atoms with Crippen LogP contribution in [-0.4, -0.2) is 42.2 Å². The predicted octanol–water partition coefficient (Wildman–Crippen LogP) is 3.81. The van der Waals surface area contributed by atoms with E-state index in [4.69, 9.17) is 21.2 Å². The van der Waals surface area contributed by atoms with E-state index in [9.17, 15) is 9.18 Å². The number of anilines is 1. The van der Waals surface area contributed by atoms with Crippen molar-refractivity contribution in [2.75, 3.05) is 24.8 Å². The van der Waals surface area contributed by atoms with Gasteiger partial charge < -0.3 is 9.57 Å². The SMILES string of the molecule is CSc1ccc(/C(=N\OC2CCOC2)C(=O)Nc2ncc(F)s2)cc1Cl. The number of carbonyl (C=O) groups is 1. The number of ether oxygens (including phenoxy) is 1. The van der Waals surface area contributed by atoms with Gasteiger partial charge in [-0.1, -0.05) is 34.2 Å². The number of thiazole rings is 1. The fraction of sp³-hybridized carbons (Fsp3) is 0.312. The van der Waals surface area contributed by atoms with Crippen LogP contribution in [-0.2, 0) is 14.4 Å². The molecular formula is C16H15ClFN3O3S2. The fourth-order valence-corrected chi connectivity index (χ4v) is 3.64. The van der Waals surface area contributed by atoms with Crippen molar-refractivity contribution in [3.63, 3.8) is 0 Å². The third kappa shape index (κ3) is 4.73. The summed E-state index contributed by atoms with van der Waals surface area (Å²) in [6.07, 6.45) is 3.43. The van der Waals surface area contributed by atoms with Crippen molar-refractivity contribution in [3.05, 3.63) is 40.1 Å². The minimum absolute atomic E-state index is 0.0297. The standard InChI is InChI=1S/C16H15ClFN3O3S2/c1-25-12-3-2-9(6-11(12)17)14(21-24-10-4-5-23-8-10)15(22)20-16-19-7-13(18)26-16/h2-3,6-7,10H,4-5,8H2,1H3,(H,19,20,22)/b21-14+. The van der Waals surface area contributed by atoms with E-state index in [1.807, 2.05) is 6.26 Å². The van der Waals surface area contributed by atoms with Gasteiger partial charge in [-0.05, 0) is 18.4 Å². The monoisotopic (exact) mass is 415 g/mol. The molecule has 10 heteroatoms. The number of amides is 1. The Kier molecular flexibility index (Phi) is 6.47. The van der Waals surface area contributed by atoms with Gasteiger partial charge in [-0.15, -0.1) is 11.8 Å². The summed E-state index contributed by atoms with van der Waals surface area (Å²) in [5.74, 6) is -0.564. The summed E-state index contributed by atoms with van der Waals surface area (Å²) in [5, 5.41) is 6.68. The molecule has 0 saturated carbocycles. The number of aromatic nitrogens is 1. The summed E-state index contributed by atoms with van der Waals surface area (Å²) in [7, 11) is 0. The quantitative estimate of drug-likeness (QED) is 0.441. The molecule has 1 saturated heterocycles. The van der Waals surface area contributed by atoms with Crippen LogP contribution in [0.25, 0.3) is 0 Å². The highest BCUT2D eigenvalue weighted by atomic mass is 35.5. The molecule has 6 nitrogen and oxygen atoms in total. The van der Waals surface area contributed by atoms with Gasteiger partial charge in [-0.25, -0.2) is 4.98 Å².